The molecule has 0 radical (unpaired) electrons. The predicted molar refractivity (Wildman–Crippen MR) is 100 cm³/mol. The Morgan fingerprint density at radius 2 is 1.92 bits per heavy atom. The van der Waals surface area contributed by atoms with Gasteiger partial charge in [-0.1, -0.05) is 12.1 Å². The van der Waals surface area contributed by atoms with Gasteiger partial charge in [-0.2, -0.15) is 0 Å². The minimum absolute atomic E-state index is 0.0295. The maximum absolute atomic E-state index is 12.7. The van der Waals surface area contributed by atoms with E-state index in [-0.39, 0.29) is 5.91 Å². The van der Waals surface area contributed by atoms with Crippen molar-refractivity contribution < 1.29 is 4.79 Å². The highest BCUT2D eigenvalue weighted by Gasteiger charge is 2.24. The predicted octanol–water partition coefficient (Wildman–Crippen LogP) is 2.93. The number of anilines is 2. The molecule has 2 aromatic rings. The summed E-state index contributed by atoms with van der Waals surface area (Å²) in [6.45, 7) is 5.29. The third kappa shape index (κ3) is 3.76. The lowest BCUT2D eigenvalue weighted by Gasteiger charge is -2.36. The molecule has 2 fully saturated rings. The molecule has 1 saturated carbocycles. The molecule has 0 unspecified atom stereocenters. The van der Waals surface area contributed by atoms with E-state index < -0.39 is 0 Å². The van der Waals surface area contributed by atoms with Crippen LogP contribution in [-0.2, 0) is 0 Å². The van der Waals surface area contributed by atoms with Crippen molar-refractivity contribution in [3.8, 4) is 0 Å². The Bertz CT molecular complexity index is 747. The van der Waals surface area contributed by atoms with Crippen LogP contribution in [-0.4, -0.2) is 48.0 Å². The fourth-order valence-electron chi connectivity index (χ4n) is 3.22. The number of hydrogen-bond donors (Lipinski definition) is 1. The standard InChI is InChI=1S/C20H24N4O/c1-15-3-2-4-18(13-15)23-9-11-24(12-10-23)20(25)19-8-7-17(14-21-19)22-16-5-6-16/h2-4,7-8,13-14,16,22H,5-6,9-12H2,1H3. The maximum atomic E-state index is 12.7. The van der Waals surface area contributed by atoms with Crippen LogP contribution in [0.3, 0.4) is 0 Å². The Kier molecular flexibility index (Phi) is 4.30. The van der Waals surface area contributed by atoms with E-state index in [4.69, 9.17) is 0 Å². The molecule has 1 N–H and O–H groups in total. The smallest absolute Gasteiger partial charge is 0.272 e. The van der Waals surface area contributed by atoms with Gasteiger partial charge in [-0.05, 0) is 49.6 Å². The van der Waals surface area contributed by atoms with Crippen LogP contribution in [0.5, 0.6) is 0 Å². The normalized spacial score (nSPS) is 17.5. The quantitative estimate of drug-likeness (QED) is 0.933. The highest BCUT2D eigenvalue weighted by molar-refractivity contribution is 5.92. The molecule has 1 aliphatic carbocycles. The Labute approximate surface area is 148 Å². The number of aromatic nitrogens is 1. The first kappa shape index (κ1) is 15.9. The SMILES string of the molecule is Cc1cccc(N2CCN(C(=O)c3ccc(NC4CC4)cn3)CC2)c1. The zero-order valence-corrected chi connectivity index (χ0v) is 14.6. The first-order valence-corrected chi connectivity index (χ1v) is 9.02. The molecule has 1 saturated heterocycles. The van der Waals surface area contributed by atoms with E-state index in [0.717, 1.165) is 31.9 Å². The summed E-state index contributed by atoms with van der Waals surface area (Å²) in [6.07, 6.45) is 4.23. The molecule has 5 heteroatoms. The average molecular weight is 336 g/mol. The number of rotatable bonds is 4. The summed E-state index contributed by atoms with van der Waals surface area (Å²) in [4.78, 5) is 21.3. The molecule has 1 aliphatic heterocycles. The zero-order valence-electron chi connectivity index (χ0n) is 14.6. The second-order valence-electron chi connectivity index (χ2n) is 6.97. The summed E-state index contributed by atoms with van der Waals surface area (Å²) >= 11 is 0. The highest BCUT2D eigenvalue weighted by atomic mass is 16.2. The van der Waals surface area contributed by atoms with Gasteiger partial charge in [0.2, 0.25) is 0 Å². The van der Waals surface area contributed by atoms with E-state index in [9.17, 15) is 4.79 Å². The van der Waals surface area contributed by atoms with E-state index >= 15 is 0 Å². The number of carbonyl (C=O) groups excluding carboxylic acids is 1. The number of aryl methyl sites for hydroxylation is 1. The Morgan fingerprint density at radius 1 is 1.12 bits per heavy atom. The van der Waals surface area contributed by atoms with Crippen molar-refractivity contribution in [3.05, 3.63) is 53.9 Å². The van der Waals surface area contributed by atoms with Gasteiger partial charge in [0.25, 0.3) is 5.91 Å². The van der Waals surface area contributed by atoms with Gasteiger partial charge in [-0.3, -0.25) is 4.79 Å². The molecule has 0 spiro atoms. The van der Waals surface area contributed by atoms with Crippen LogP contribution in [0.2, 0.25) is 0 Å². The third-order valence-electron chi connectivity index (χ3n) is 4.86. The van der Waals surface area contributed by atoms with E-state index in [1.54, 1.807) is 6.20 Å². The lowest BCUT2D eigenvalue weighted by Crippen LogP contribution is -2.49. The van der Waals surface area contributed by atoms with E-state index in [1.807, 2.05) is 17.0 Å². The second kappa shape index (κ2) is 6.75. The summed E-state index contributed by atoms with van der Waals surface area (Å²) in [5, 5.41) is 3.40. The van der Waals surface area contributed by atoms with Crippen LogP contribution in [0.1, 0.15) is 28.9 Å². The minimum atomic E-state index is 0.0295. The maximum Gasteiger partial charge on any atom is 0.272 e. The molecule has 4 rings (SSSR count). The van der Waals surface area contributed by atoms with Crippen LogP contribution in [0.15, 0.2) is 42.6 Å². The molecule has 1 aromatic heterocycles. The topological polar surface area (TPSA) is 48.5 Å². The summed E-state index contributed by atoms with van der Waals surface area (Å²) in [5.41, 5.74) is 4.04. The van der Waals surface area contributed by atoms with Crippen LogP contribution in [0.25, 0.3) is 0 Å². The number of nitrogens with one attached hydrogen (secondary N) is 1. The van der Waals surface area contributed by atoms with Crippen LogP contribution >= 0.6 is 0 Å². The summed E-state index contributed by atoms with van der Waals surface area (Å²) in [6, 6.07) is 12.9. The lowest BCUT2D eigenvalue weighted by atomic mass is 10.2. The van der Waals surface area contributed by atoms with Gasteiger partial charge in [0.05, 0.1) is 11.9 Å². The van der Waals surface area contributed by atoms with E-state index in [0.29, 0.717) is 11.7 Å². The fourth-order valence-corrected chi connectivity index (χ4v) is 3.22. The number of piperazine rings is 1. The van der Waals surface area contributed by atoms with Gasteiger partial charge in [-0.25, -0.2) is 4.98 Å². The highest BCUT2D eigenvalue weighted by Crippen LogP contribution is 2.24. The Balaban J connectivity index is 1.35. The van der Waals surface area contributed by atoms with Crippen LogP contribution in [0.4, 0.5) is 11.4 Å². The van der Waals surface area contributed by atoms with Crippen molar-refractivity contribution >= 4 is 17.3 Å². The summed E-state index contributed by atoms with van der Waals surface area (Å²) < 4.78 is 0. The lowest BCUT2D eigenvalue weighted by molar-refractivity contribution is 0.0741. The van der Waals surface area contributed by atoms with Gasteiger partial charge in [0.15, 0.2) is 0 Å². The fraction of sp³-hybridized carbons (Fsp3) is 0.400. The monoisotopic (exact) mass is 336 g/mol. The second-order valence-corrected chi connectivity index (χ2v) is 6.97. The molecule has 5 nitrogen and oxygen atoms in total. The Morgan fingerprint density at radius 3 is 2.56 bits per heavy atom. The molecule has 2 heterocycles. The minimum Gasteiger partial charge on any atom is -0.381 e. The van der Waals surface area contributed by atoms with Crippen LogP contribution in [0, 0.1) is 6.92 Å². The number of carbonyl (C=O) groups is 1. The summed E-state index contributed by atoms with van der Waals surface area (Å²) in [5.74, 6) is 0.0295. The molecule has 2 aliphatic rings. The Hall–Kier alpha value is -2.56. The average Bonchev–Trinajstić information content (AvgIpc) is 3.46. The molecule has 25 heavy (non-hydrogen) atoms. The van der Waals surface area contributed by atoms with E-state index in [1.165, 1.54) is 24.1 Å². The van der Waals surface area contributed by atoms with Crippen molar-refractivity contribution in [2.75, 3.05) is 36.4 Å². The number of amides is 1. The van der Waals surface area contributed by atoms with Crippen LogP contribution < -0.4 is 10.2 Å². The molecule has 0 atom stereocenters. The van der Waals surface area contributed by atoms with Crippen molar-refractivity contribution in [2.45, 2.75) is 25.8 Å². The molecule has 1 amide bonds. The third-order valence-corrected chi connectivity index (χ3v) is 4.86. The molecule has 0 bridgehead atoms. The van der Waals surface area contributed by atoms with E-state index in [2.05, 4.69) is 46.4 Å². The first-order valence-electron chi connectivity index (χ1n) is 9.02. The molecular formula is C20H24N4O. The number of benzene rings is 1. The van der Waals surface area contributed by atoms with Crippen molar-refractivity contribution in [2.24, 2.45) is 0 Å². The van der Waals surface area contributed by atoms with Gasteiger partial charge in [0.1, 0.15) is 5.69 Å². The number of hydrogen-bond acceptors (Lipinski definition) is 4. The number of nitrogens with zero attached hydrogens (tertiary/aromatic N) is 3. The van der Waals surface area contributed by atoms with Gasteiger partial charge < -0.3 is 15.1 Å². The van der Waals surface area contributed by atoms with Crippen molar-refractivity contribution in [1.29, 1.82) is 0 Å². The largest absolute Gasteiger partial charge is 0.381 e. The zero-order chi connectivity index (χ0) is 17.2. The molecule has 1 aromatic carbocycles. The van der Waals surface area contributed by atoms with Gasteiger partial charge >= 0.3 is 0 Å². The number of pyridine rings is 1. The summed E-state index contributed by atoms with van der Waals surface area (Å²) in [7, 11) is 0. The molecule has 130 valence electrons. The first-order chi connectivity index (χ1) is 12.2. The molecular weight excluding hydrogens is 312 g/mol. The van der Waals surface area contributed by atoms with Gasteiger partial charge in [0, 0.05) is 37.9 Å². The van der Waals surface area contributed by atoms with Crippen molar-refractivity contribution in [1.82, 2.24) is 9.88 Å². The van der Waals surface area contributed by atoms with Gasteiger partial charge in [-0.15, -0.1) is 0 Å². The van der Waals surface area contributed by atoms with Crippen molar-refractivity contribution in [3.63, 3.8) is 0 Å².